The molecule has 1 heterocycles. The second kappa shape index (κ2) is 8.99. The minimum atomic E-state index is -0.312. The number of aryl methyl sites for hydroxylation is 1. The lowest BCUT2D eigenvalue weighted by Crippen LogP contribution is -2.31. The number of para-hydroxylation sites is 1. The second-order valence-electron chi connectivity index (χ2n) is 6.52. The van der Waals surface area contributed by atoms with E-state index in [-0.39, 0.29) is 17.2 Å². The van der Waals surface area contributed by atoms with Crippen LogP contribution in [-0.2, 0) is 13.0 Å². The normalized spacial score (nSPS) is 10.5. The lowest BCUT2D eigenvalue weighted by molar-refractivity contribution is 0.0946. The number of hydrogen-bond acceptors (Lipinski definition) is 4. The number of ether oxygens (including phenoxy) is 1. The number of rotatable bonds is 7. The number of nitrogens with one attached hydrogen (secondary N) is 1. The molecule has 1 amide bonds. The first kappa shape index (κ1) is 19.4. The highest BCUT2D eigenvalue weighted by atomic mass is 16.5. The van der Waals surface area contributed by atoms with Crippen molar-refractivity contribution in [2.24, 2.45) is 0 Å². The molecule has 0 aliphatic heterocycles. The van der Waals surface area contributed by atoms with Gasteiger partial charge in [0, 0.05) is 12.6 Å². The molecule has 0 bridgehead atoms. The van der Waals surface area contributed by atoms with Crippen LogP contribution >= 0.6 is 0 Å². The summed E-state index contributed by atoms with van der Waals surface area (Å²) in [5.74, 6) is 0.481. The first-order chi connectivity index (χ1) is 13.6. The number of nitrogens with zero attached hydrogens (tertiary/aromatic N) is 2. The third-order valence-corrected chi connectivity index (χ3v) is 4.42. The highest BCUT2D eigenvalue weighted by Gasteiger charge is 2.10. The smallest absolute Gasteiger partial charge is 0.271 e. The van der Waals surface area contributed by atoms with Crippen LogP contribution in [-0.4, -0.2) is 29.3 Å². The zero-order valence-electron chi connectivity index (χ0n) is 16.0. The van der Waals surface area contributed by atoms with Crippen LogP contribution in [0.5, 0.6) is 5.75 Å². The van der Waals surface area contributed by atoms with Crippen LogP contribution in [0.25, 0.3) is 0 Å². The van der Waals surface area contributed by atoms with E-state index in [9.17, 15) is 9.59 Å². The predicted molar refractivity (Wildman–Crippen MR) is 108 cm³/mol. The van der Waals surface area contributed by atoms with Crippen LogP contribution in [0.4, 0.5) is 0 Å². The Labute approximate surface area is 163 Å². The van der Waals surface area contributed by atoms with Crippen molar-refractivity contribution >= 4 is 5.91 Å². The third kappa shape index (κ3) is 4.85. The van der Waals surface area contributed by atoms with E-state index in [1.165, 1.54) is 16.8 Å². The monoisotopic (exact) mass is 377 g/mol. The van der Waals surface area contributed by atoms with Crippen LogP contribution < -0.4 is 15.6 Å². The van der Waals surface area contributed by atoms with Gasteiger partial charge in [-0.2, -0.15) is 5.10 Å². The fraction of sp³-hybridized carbons (Fsp3) is 0.227. The molecule has 3 rings (SSSR count). The molecular formula is C22H23N3O3. The number of benzene rings is 2. The molecule has 1 N–H and O–H groups in total. The quantitative estimate of drug-likeness (QED) is 0.687. The fourth-order valence-electron chi connectivity index (χ4n) is 2.86. The number of hydrogen-bond donors (Lipinski definition) is 1. The van der Waals surface area contributed by atoms with Crippen molar-refractivity contribution < 1.29 is 9.53 Å². The van der Waals surface area contributed by atoms with E-state index in [2.05, 4.69) is 10.4 Å². The summed E-state index contributed by atoms with van der Waals surface area (Å²) in [6, 6.07) is 18.4. The molecule has 6 heteroatoms. The number of methoxy groups -OCH3 is 1. The summed E-state index contributed by atoms with van der Waals surface area (Å²) in [5.41, 5.74) is 3.08. The van der Waals surface area contributed by atoms with Gasteiger partial charge in [0.15, 0.2) is 0 Å². The molecule has 0 unspecified atom stereocenters. The van der Waals surface area contributed by atoms with Crippen molar-refractivity contribution in [3.8, 4) is 5.75 Å². The topological polar surface area (TPSA) is 73.2 Å². The standard InChI is InChI=1S/C22H23N3O3/c1-16-7-9-17(10-8-16)15-25-21(26)12-11-19(24-25)22(27)23-14-13-18-5-3-4-6-20(18)28-2/h3-12H,13-15H2,1-2H3,(H,23,27). The van der Waals surface area contributed by atoms with Gasteiger partial charge < -0.3 is 10.1 Å². The van der Waals surface area contributed by atoms with E-state index in [1.807, 2.05) is 55.5 Å². The Hall–Kier alpha value is -3.41. The number of aromatic nitrogens is 2. The van der Waals surface area contributed by atoms with Gasteiger partial charge in [-0.25, -0.2) is 4.68 Å². The summed E-state index contributed by atoms with van der Waals surface area (Å²) in [6.45, 7) is 2.77. The van der Waals surface area contributed by atoms with Gasteiger partial charge in [0.1, 0.15) is 11.4 Å². The lowest BCUT2D eigenvalue weighted by atomic mass is 10.1. The molecular weight excluding hydrogens is 354 g/mol. The summed E-state index contributed by atoms with van der Waals surface area (Å²) in [7, 11) is 1.62. The Kier molecular flexibility index (Phi) is 6.22. The van der Waals surface area contributed by atoms with Gasteiger partial charge >= 0.3 is 0 Å². The Morgan fingerprint density at radius 2 is 1.82 bits per heavy atom. The molecule has 3 aromatic rings. The predicted octanol–water partition coefficient (Wildman–Crippen LogP) is 2.58. The van der Waals surface area contributed by atoms with E-state index >= 15 is 0 Å². The Balaban J connectivity index is 1.65. The molecule has 0 saturated carbocycles. The fourth-order valence-corrected chi connectivity index (χ4v) is 2.86. The minimum Gasteiger partial charge on any atom is -0.496 e. The van der Waals surface area contributed by atoms with Gasteiger partial charge in [-0.1, -0.05) is 48.0 Å². The van der Waals surface area contributed by atoms with E-state index in [1.54, 1.807) is 7.11 Å². The molecule has 0 spiro atoms. The third-order valence-electron chi connectivity index (χ3n) is 4.42. The SMILES string of the molecule is COc1ccccc1CCNC(=O)c1ccc(=O)n(Cc2ccc(C)cc2)n1. The van der Waals surface area contributed by atoms with Gasteiger partial charge in [0.2, 0.25) is 0 Å². The van der Waals surface area contributed by atoms with Crippen molar-refractivity contribution in [2.45, 2.75) is 19.9 Å². The van der Waals surface area contributed by atoms with Crippen LogP contribution in [0.1, 0.15) is 27.2 Å². The molecule has 144 valence electrons. The zero-order valence-corrected chi connectivity index (χ0v) is 16.0. The summed E-state index contributed by atoms with van der Waals surface area (Å²) >= 11 is 0. The van der Waals surface area contributed by atoms with Crippen molar-refractivity contribution in [1.82, 2.24) is 15.1 Å². The molecule has 28 heavy (non-hydrogen) atoms. The molecule has 0 fully saturated rings. The second-order valence-corrected chi connectivity index (χ2v) is 6.52. The average molecular weight is 377 g/mol. The van der Waals surface area contributed by atoms with Gasteiger partial charge in [-0.3, -0.25) is 9.59 Å². The number of amides is 1. The summed E-state index contributed by atoms with van der Waals surface area (Å²) < 4.78 is 6.62. The number of carbonyl (C=O) groups is 1. The van der Waals surface area contributed by atoms with Crippen molar-refractivity contribution in [3.63, 3.8) is 0 Å². The van der Waals surface area contributed by atoms with Gasteiger partial charge in [0.25, 0.3) is 11.5 Å². The minimum absolute atomic E-state index is 0.215. The largest absolute Gasteiger partial charge is 0.496 e. The van der Waals surface area contributed by atoms with E-state index in [0.717, 1.165) is 22.4 Å². The van der Waals surface area contributed by atoms with E-state index in [4.69, 9.17) is 4.74 Å². The van der Waals surface area contributed by atoms with Crippen LogP contribution in [0.2, 0.25) is 0 Å². The maximum Gasteiger partial charge on any atom is 0.271 e. The van der Waals surface area contributed by atoms with Crippen LogP contribution in [0.3, 0.4) is 0 Å². The number of carbonyl (C=O) groups excluding carboxylic acids is 1. The maximum absolute atomic E-state index is 12.4. The van der Waals surface area contributed by atoms with Crippen molar-refractivity contribution in [3.05, 3.63) is 93.4 Å². The van der Waals surface area contributed by atoms with Crippen LogP contribution in [0, 0.1) is 6.92 Å². The first-order valence-electron chi connectivity index (χ1n) is 9.10. The summed E-state index contributed by atoms with van der Waals surface area (Å²) in [5, 5.41) is 7.06. The Bertz CT molecular complexity index is 1010. The van der Waals surface area contributed by atoms with Crippen LogP contribution in [0.15, 0.2) is 65.5 Å². The molecule has 6 nitrogen and oxygen atoms in total. The molecule has 2 aromatic carbocycles. The van der Waals surface area contributed by atoms with Gasteiger partial charge in [-0.05, 0) is 36.6 Å². The highest BCUT2D eigenvalue weighted by Crippen LogP contribution is 2.17. The average Bonchev–Trinajstić information content (AvgIpc) is 2.71. The first-order valence-corrected chi connectivity index (χ1v) is 9.10. The van der Waals surface area contributed by atoms with E-state index < -0.39 is 0 Å². The lowest BCUT2D eigenvalue weighted by Gasteiger charge is -2.10. The maximum atomic E-state index is 12.4. The van der Waals surface area contributed by atoms with Gasteiger partial charge in [-0.15, -0.1) is 0 Å². The molecule has 0 saturated heterocycles. The molecule has 0 radical (unpaired) electrons. The van der Waals surface area contributed by atoms with Gasteiger partial charge in [0.05, 0.1) is 13.7 Å². The molecule has 0 aliphatic carbocycles. The summed E-state index contributed by atoms with van der Waals surface area (Å²) in [6.07, 6.45) is 0.638. The van der Waals surface area contributed by atoms with Crippen molar-refractivity contribution in [2.75, 3.05) is 13.7 Å². The van der Waals surface area contributed by atoms with Crippen molar-refractivity contribution in [1.29, 1.82) is 0 Å². The molecule has 1 aromatic heterocycles. The highest BCUT2D eigenvalue weighted by molar-refractivity contribution is 5.91. The zero-order chi connectivity index (χ0) is 19.9. The Morgan fingerprint density at radius 3 is 2.57 bits per heavy atom. The Morgan fingerprint density at radius 1 is 1.07 bits per heavy atom. The molecule has 0 atom stereocenters. The van der Waals surface area contributed by atoms with E-state index in [0.29, 0.717) is 19.5 Å². The summed E-state index contributed by atoms with van der Waals surface area (Å²) in [4.78, 5) is 24.5. The molecule has 0 aliphatic rings.